The van der Waals surface area contributed by atoms with Gasteiger partial charge in [0.05, 0.1) is 17.0 Å². The van der Waals surface area contributed by atoms with Crippen LogP contribution in [0.15, 0.2) is 18.2 Å². The number of hydrogen-bond acceptors (Lipinski definition) is 3. The summed E-state index contributed by atoms with van der Waals surface area (Å²) in [5, 5.41) is 0.645. The van der Waals surface area contributed by atoms with Crippen LogP contribution in [-0.2, 0) is 16.6 Å². The quantitative estimate of drug-likeness (QED) is 0.804. The molecular formula is C15H19ClN2O2. The number of benzene rings is 1. The first-order valence-electron chi connectivity index (χ1n) is 6.76. The van der Waals surface area contributed by atoms with Crippen molar-refractivity contribution in [2.75, 3.05) is 0 Å². The summed E-state index contributed by atoms with van der Waals surface area (Å²) in [7, 11) is 1.91. The molecule has 0 N–H and O–H groups in total. The number of halogens is 1. The molecule has 0 unspecified atom stereocenters. The van der Waals surface area contributed by atoms with Gasteiger partial charge < -0.3 is 9.30 Å². The van der Waals surface area contributed by atoms with Crippen molar-refractivity contribution < 1.29 is 9.53 Å². The number of rotatable bonds is 4. The SMILES string of the molecule is CC[C@@H](C)C(=O)O[C@@H](C)c1nc2cc(Cl)ccc2n1C. The predicted octanol–water partition coefficient (Wildman–Crippen LogP) is 3.88. The number of aromatic nitrogens is 2. The van der Waals surface area contributed by atoms with E-state index in [4.69, 9.17) is 16.3 Å². The molecular weight excluding hydrogens is 276 g/mol. The minimum Gasteiger partial charge on any atom is -0.454 e. The minimum atomic E-state index is -0.382. The fourth-order valence-corrected chi connectivity index (χ4v) is 2.23. The number of carbonyl (C=O) groups excluding carboxylic acids is 1. The molecule has 0 saturated carbocycles. The Kier molecular flexibility index (Phi) is 4.33. The van der Waals surface area contributed by atoms with E-state index in [2.05, 4.69) is 4.98 Å². The third-order valence-corrected chi connectivity index (χ3v) is 3.78. The molecule has 1 aromatic heterocycles. The van der Waals surface area contributed by atoms with Crippen LogP contribution in [0.25, 0.3) is 11.0 Å². The van der Waals surface area contributed by atoms with E-state index in [-0.39, 0.29) is 18.0 Å². The van der Waals surface area contributed by atoms with Crippen molar-refractivity contribution in [3.63, 3.8) is 0 Å². The number of hydrogen-bond donors (Lipinski definition) is 0. The minimum absolute atomic E-state index is 0.0958. The molecule has 0 radical (unpaired) electrons. The maximum atomic E-state index is 11.9. The smallest absolute Gasteiger partial charge is 0.309 e. The van der Waals surface area contributed by atoms with Crippen LogP contribution in [-0.4, -0.2) is 15.5 Å². The topological polar surface area (TPSA) is 44.1 Å². The molecule has 0 aliphatic rings. The fraction of sp³-hybridized carbons (Fsp3) is 0.467. The van der Waals surface area contributed by atoms with Crippen LogP contribution < -0.4 is 0 Å². The first-order chi connectivity index (χ1) is 9.43. The van der Waals surface area contributed by atoms with Gasteiger partial charge in [-0.1, -0.05) is 25.4 Å². The highest BCUT2D eigenvalue weighted by molar-refractivity contribution is 6.31. The van der Waals surface area contributed by atoms with E-state index < -0.39 is 0 Å². The maximum Gasteiger partial charge on any atom is 0.309 e. The highest BCUT2D eigenvalue weighted by Crippen LogP contribution is 2.25. The van der Waals surface area contributed by atoms with E-state index in [1.807, 2.05) is 50.6 Å². The number of carbonyl (C=O) groups is 1. The van der Waals surface area contributed by atoms with Crippen molar-refractivity contribution in [3.05, 3.63) is 29.0 Å². The Balaban J connectivity index is 2.28. The summed E-state index contributed by atoms with van der Waals surface area (Å²) in [4.78, 5) is 16.4. The molecule has 1 heterocycles. The molecule has 0 amide bonds. The van der Waals surface area contributed by atoms with Gasteiger partial charge in [0.15, 0.2) is 11.9 Å². The summed E-state index contributed by atoms with van der Waals surface area (Å²) >= 11 is 5.97. The van der Waals surface area contributed by atoms with Gasteiger partial charge in [0.1, 0.15) is 0 Å². The molecule has 0 saturated heterocycles. The Morgan fingerprint density at radius 3 is 2.80 bits per heavy atom. The van der Waals surface area contributed by atoms with E-state index in [1.54, 1.807) is 0 Å². The molecule has 0 spiro atoms. The zero-order valence-electron chi connectivity index (χ0n) is 12.2. The highest BCUT2D eigenvalue weighted by Gasteiger charge is 2.21. The number of nitrogens with zero attached hydrogens (tertiary/aromatic N) is 2. The van der Waals surface area contributed by atoms with Gasteiger partial charge in [-0.25, -0.2) is 4.98 Å². The zero-order chi connectivity index (χ0) is 14.9. The Morgan fingerprint density at radius 1 is 1.45 bits per heavy atom. The molecule has 0 fully saturated rings. The Hall–Kier alpha value is -1.55. The van der Waals surface area contributed by atoms with Crippen LogP contribution in [0.4, 0.5) is 0 Å². The van der Waals surface area contributed by atoms with Crippen molar-refractivity contribution in [2.24, 2.45) is 13.0 Å². The second-order valence-electron chi connectivity index (χ2n) is 5.05. The molecule has 108 valence electrons. The lowest BCUT2D eigenvalue weighted by Crippen LogP contribution is -2.18. The molecule has 20 heavy (non-hydrogen) atoms. The lowest BCUT2D eigenvalue weighted by atomic mass is 10.1. The molecule has 0 bridgehead atoms. The van der Waals surface area contributed by atoms with Gasteiger partial charge in [-0.05, 0) is 31.5 Å². The predicted molar refractivity (Wildman–Crippen MR) is 79.7 cm³/mol. The molecule has 2 atom stereocenters. The van der Waals surface area contributed by atoms with Crippen LogP contribution in [0, 0.1) is 5.92 Å². The molecule has 5 heteroatoms. The Morgan fingerprint density at radius 2 is 2.15 bits per heavy atom. The van der Waals surface area contributed by atoms with Crippen molar-refractivity contribution in [1.82, 2.24) is 9.55 Å². The summed E-state index contributed by atoms with van der Waals surface area (Å²) in [6.45, 7) is 5.67. The number of aryl methyl sites for hydroxylation is 1. The summed E-state index contributed by atoms with van der Waals surface area (Å²) < 4.78 is 7.41. The monoisotopic (exact) mass is 294 g/mol. The summed E-state index contributed by atoms with van der Waals surface area (Å²) in [6.07, 6.45) is 0.386. The second kappa shape index (κ2) is 5.83. The van der Waals surface area contributed by atoms with Crippen molar-refractivity contribution in [3.8, 4) is 0 Å². The van der Waals surface area contributed by atoms with E-state index in [9.17, 15) is 4.79 Å². The summed E-state index contributed by atoms with van der Waals surface area (Å²) in [5.74, 6) is 0.436. The fourth-order valence-electron chi connectivity index (χ4n) is 2.06. The van der Waals surface area contributed by atoms with Gasteiger partial charge in [-0.15, -0.1) is 0 Å². The van der Waals surface area contributed by atoms with Gasteiger partial charge in [0.2, 0.25) is 0 Å². The maximum absolute atomic E-state index is 11.9. The molecule has 0 aliphatic carbocycles. The normalized spacial score (nSPS) is 14.2. The van der Waals surface area contributed by atoms with Crippen molar-refractivity contribution in [1.29, 1.82) is 0 Å². The molecule has 1 aromatic carbocycles. The standard InChI is InChI=1S/C15H19ClN2O2/c1-5-9(2)15(19)20-10(3)14-17-12-8-11(16)6-7-13(12)18(14)4/h6-10H,5H2,1-4H3/t9-,10+/m1/s1. The van der Waals surface area contributed by atoms with E-state index in [0.29, 0.717) is 5.02 Å². The third-order valence-electron chi connectivity index (χ3n) is 3.55. The summed E-state index contributed by atoms with van der Waals surface area (Å²) in [5.41, 5.74) is 1.78. The number of imidazole rings is 1. The zero-order valence-corrected chi connectivity index (χ0v) is 12.9. The van der Waals surface area contributed by atoms with Crippen LogP contribution in [0.3, 0.4) is 0 Å². The average Bonchev–Trinajstić information content (AvgIpc) is 2.74. The van der Waals surface area contributed by atoms with Gasteiger partial charge in [0.25, 0.3) is 0 Å². The largest absolute Gasteiger partial charge is 0.454 e. The van der Waals surface area contributed by atoms with Gasteiger partial charge >= 0.3 is 5.97 Å². The lowest BCUT2D eigenvalue weighted by molar-refractivity contribution is -0.153. The highest BCUT2D eigenvalue weighted by atomic mass is 35.5. The van der Waals surface area contributed by atoms with Crippen LogP contribution in [0.2, 0.25) is 5.02 Å². The molecule has 2 aromatic rings. The van der Waals surface area contributed by atoms with Crippen LogP contribution >= 0.6 is 11.6 Å². The summed E-state index contributed by atoms with van der Waals surface area (Å²) in [6, 6.07) is 5.55. The number of ether oxygens (including phenoxy) is 1. The number of fused-ring (bicyclic) bond motifs is 1. The van der Waals surface area contributed by atoms with E-state index >= 15 is 0 Å². The molecule has 4 nitrogen and oxygen atoms in total. The lowest BCUT2D eigenvalue weighted by Gasteiger charge is -2.15. The van der Waals surface area contributed by atoms with Crippen molar-refractivity contribution in [2.45, 2.75) is 33.3 Å². The first-order valence-corrected chi connectivity index (χ1v) is 7.14. The third kappa shape index (κ3) is 2.80. The van der Waals surface area contributed by atoms with E-state index in [1.165, 1.54) is 0 Å². The van der Waals surface area contributed by atoms with Crippen LogP contribution in [0.5, 0.6) is 0 Å². The van der Waals surface area contributed by atoms with E-state index in [0.717, 1.165) is 23.3 Å². The Labute approximate surface area is 123 Å². The first kappa shape index (κ1) is 14.9. The average molecular weight is 295 g/mol. The van der Waals surface area contributed by atoms with Crippen molar-refractivity contribution >= 4 is 28.6 Å². The molecule has 2 rings (SSSR count). The van der Waals surface area contributed by atoms with Gasteiger partial charge in [-0.3, -0.25) is 4.79 Å². The second-order valence-corrected chi connectivity index (χ2v) is 5.49. The van der Waals surface area contributed by atoms with Gasteiger partial charge in [0, 0.05) is 12.1 Å². The van der Waals surface area contributed by atoms with Crippen LogP contribution in [0.1, 0.15) is 39.1 Å². The number of esters is 1. The molecule has 0 aliphatic heterocycles. The van der Waals surface area contributed by atoms with Gasteiger partial charge in [-0.2, -0.15) is 0 Å². The Bertz CT molecular complexity index is 636.